The average Bonchev–Trinajstić information content (AvgIpc) is 2.98. The van der Waals surface area contributed by atoms with Gasteiger partial charge in [0.05, 0.1) is 17.8 Å². The Balaban J connectivity index is 1.49. The Bertz CT molecular complexity index is 1110. The first-order valence-electron chi connectivity index (χ1n) is 10.1. The number of hydrogen-bond acceptors (Lipinski definition) is 4. The minimum Gasteiger partial charge on any atom is -0.345 e. The van der Waals surface area contributed by atoms with Gasteiger partial charge in [0, 0.05) is 23.6 Å². The minimum atomic E-state index is -0.473. The van der Waals surface area contributed by atoms with Crippen molar-refractivity contribution in [2.24, 2.45) is 0 Å². The van der Waals surface area contributed by atoms with Crippen LogP contribution < -0.4 is 10.6 Å². The molecule has 7 nitrogen and oxygen atoms in total. The lowest BCUT2D eigenvalue weighted by Gasteiger charge is -2.13. The Hall–Kier alpha value is -3.26. The third-order valence-electron chi connectivity index (χ3n) is 5.17. The highest BCUT2D eigenvalue weighted by Gasteiger charge is 2.18. The van der Waals surface area contributed by atoms with Gasteiger partial charge in [-0.3, -0.25) is 9.59 Å². The summed E-state index contributed by atoms with van der Waals surface area (Å²) >= 11 is 6.07. The highest BCUT2D eigenvalue weighted by atomic mass is 35.5. The number of nitrogens with one attached hydrogen (secondary N) is 2. The monoisotopic (exact) mass is 441 g/mol. The molecule has 2 amide bonds. The predicted octanol–water partition coefficient (Wildman–Crippen LogP) is 3.98. The minimum absolute atomic E-state index is 0.222. The number of hydrogen-bond donors (Lipinski definition) is 2. The van der Waals surface area contributed by atoms with E-state index in [1.807, 2.05) is 0 Å². The lowest BCUT2D eigenvalue weighted by atomic mass is 10.1. The molecule has 1 aliphatic rings. The fourth-order valence-electron chi connectivity index (χ4n) is 3.54. The lowest BCUT2D eigenvalue weighted by Crippen LogP contribution is -2.26. The van der Waals surface area contributed by atoms with Crippen molar-refractivity contribution in [2.75, 3.05) is 5.32 Å². The molecule has 2 heterocycles. The molecule has 2 aromatic carbocycles. The quantitative estimate of drug-likeness (QED) is 0.626. The van der Waals surface area contributed by atoms with Gasteiger partial charge in [-0.15, -0.1) is 10.2 Å². The number of fused-ring (bicyclic) bond motifs is 1. The second kappa shape index (κ2) is 9.26. The second-order valence-corrected chi connectivity index (χ2v) is 7.76. The predicted molar refractivity (Wildman–Crippen MR) is 115 cm³/mol. The number of aromatic nitrogens is 3. The molecule has 0 saturated carbocycles. The fraction of sp³-hybridized carbons (Fsp3) is 0.273. The zero-order chi connectivity index (χ0) is 21.8. The Morgan fingerprint density at radius 3 is 2.65 bits per heavy atom. The third-order valence-corrected chi connectivity index (χ3v) is 5.41. The number of anilines is 1. The summed E-state index contributed by atoms with van der Waals surface area (Å²) in [5, 5.41) is 14.3. The molecule has 3 aromatic rings. The molecule has 1 aliphatic heterocycles. The van der Waals surface area contributed by atoms with Gasteiger partial charge in [0.2, 0.25) is 0 Å². The van der Waals surface area contributed by atoms with Crippen LogP contribution in [0.4, 0.5) is 10.1 Å². The van der Waals surface area contributed by atoms with Crippen molar-refractivity contribution in [3.8, 4) is 0 Å². The number of rotatable bonds is 5. The molecule has 4 rings (SSSR count). The van der Waals surface area contributed by atoms with Crippen LogP contribution in [0.15, 0.2) is 42.5 Å². The van der Waals surface area contributed by atoms with E-state index >= 15 is 0 Å². The summed E-state index contributed by atoms with van der Waals surface area (Å²) in [6.45, 7) is 1.06. The first-order chi connectivity index (χ1) is 15.0. The molecule has 9 heteroatoms. The highest BCUT2D eigenvalue weighted by Crippen LogP contribution is 2.22. The van der Waals surface area contributed by atoms with Crippen molar-refractivity contribution in [2.45, 2.75) is 38.8 Å². The first kappa shape index (κ1) is 21.0. The number of nitrogens with zero attached hydrogens (tertiary/aromatic N) is 3. The zero-order valence-electron chi connectivity index (χ0n) is 16.7. The first-order valence-corrected chi connectivity index (χ1v) is 10.4. The van der Waals surface area contributed by atoms with E-state index in [1.54, 1.807) is 12.1 Å². The van der Waals surface area contributed by atoms with Crippen LogP contribution in [0.1, 0.15) is 51.6 Å². The zero-order valence-corrected chi connectivity index (χ0v) is 17.5. The Labute approximate surface area is 183 Å². The standard InChI is InChI=1S/C22H21ClFN5O2/c23-15-7-10-17(18(12-15)26-21(30)14-5-8-16(24)9-6-14)22(31)25-13-20-28-27-19-4-2-1-3-11-29(19)20/h5-10,12H,1-4,11,13H2,(H,25,31)(H,26,30). The van der Waals surface area contributed by atoms with Crippen LogP contribution in [0.2, 0.25) is 5.02 Å². The van der Waals surface area contributed by atoms with Gasteiger partial charge in [-0.2, -0.15) is 0 Å². The van der Waals surface area contributed by atoms with Gasteiger partial charge in [0.1, 0.15) is 11.6 Å². The average molecular weight is 442 g/mol. The second-order valence-electron chi connectivity index (χ2n) is 7.33. The molecular formula is C22H21ClFN5O2. The largest absolute Gasteiger partial charge is 0.345 e. The van der Waals surface area contributed by atoms with Gasteiger partial charge in [0.15, 0.2) is 5.82 Å². The van der Waals surface area contributed by atoms with Gasteiger partial charge >= 0.3 is 0 Å². The molecule has 2 N–H and O–H groups in total. The molecule has 0 spiro atoms. The molecule has 1 aromatic heterocycles. The van der Waals surface area contributed by atoms with Gasteiger partial charge < -0.3 is 15.2 Å². The van der Waals surface area contributed by atoms with E-state index in [-0.39, 0.29) is 29.3 Å². The van der Waals surface area contributed by atoms with Crippen LogP contribution in [-0.2, 0) is 19.5 Å². The Morgan fingerprint density at radius 2 is 1.84 bits per heavy atom. The normalized spacial score (nSPS) is 13.2. The van der Waals surface area contributed by atoms with E-state index in [4.69, 9.17) is 11.6 Å². The Kier molecular flexibility index (Phi) is 6.27. The molecule has 0 radical (unpaired) electrons. The summed E-state index contributed by atoms with van der Waals surface area (Å²) in [6, 6.07) is 9.75. The molecule has 31 heavy (non-hydrogen) atoms. The number of halogens is 2. The van der Waals surface area contributed by atoms with Crippen LogP contribution in [0.3, 0.4) is 0 Å². The van der Waals surface area contributed by atoms with Crippen molar-refractivity contribution >= 4 is 29.1 Å². The number of benzene rings is 2. The van der Waals surface area contributed by atoms with Crippen molar-refractivity contribution in [3.63, 3.8) is 0 Å². The van der Waals surface area contributed by atoms with Crippen LogP contribution in [0.5, 0.6) is 0 Å². The van der Waals surface area contributed by atoms with E-state index in [0.29, 0.717) is 10.8 Å². The molecule has 0 bridgehead atoms. The van der Waals surface area contributed by atoms with E-state index in [9.17, 15) is 14.0 Å². The van der Waals surface area contributed by atoms with Crippen molar-refractivity contribution in [1.29, 1.82) is 0 Å². The fourth-order valence-corrected chi connectivity index (χ4v) is 3.72. The van der Waals surface area contributed by atoms with Crippen LogP contribution in [0, 0.1) is 5.82 Å². The maximum Gasteiger partial charge on any atom is 0.255 e. The van der Waals surface area contributed by atoms with Crippen molar-refractivity contribution in [1.82, 2.24) is 20.1 Å². The summed E-state index contributed by atoms with van der Waals surface area (Å²) in [7, 11) is 0. The summed E-state index contributed by atoms with van der Waals surface area (Å²) in [5.41, 5.74) is 0.786. The van der Waals surface area contributed by atoms with E-state index in [1.165, 1.54) is 30.3 Å². The summed E-state index contributed by atoms with van der Waals surface area (Å²) in [5.74, 6) is 0.360. The van der Waals surface area contributed by atoms with Crippen molar-refractivity contribution in [3.05, 3.63) is 76.1 Å². The number of carbonyl (C=O) groups excluding carboxylic acids is 2. The molecular weight excluding hydrogens is 421 g/mol. The SMILES string of the molecule is O=C(Nc1cc(Cl)ccc1C(=O)NCc1nnc2n1CCCCC2)c1ccc(F)cc1. The number of carbonyl (C=O) groups is 2. The van der Waals surface area contributed by atoms with Gasteiger partial charge in [-0.1, -0.05) is 18.0 Å². The molecule has 0 atom stereocenters. The van der Waals surface area contributed by atoms with Gasteiger partial charge in [0.25, 0.3) is 11.8 Å². The summed E-state index contributed by atoms with van der Waals surface area (Å²) in [4.78, 5) is 25.4. The van der Waals surface area contributed by atoms with Gasteiger partial charge in [-0.25, -0.2) is 4.39 Å². The maximum atomic E-state index is 13.1. The number of amides is 2. The maximum absolute atomic E-state index is 13.1. The molecule has 0 saturated heterocycles. The lowest BCUT2D eigenvalue weighted by molar-refractivity contribution is 0.0950. The van der Waals surface area contributed by atoms with Gasteiger partial charge in [-0.05, 0) is 55.3 Å². The summed E-state index contributed by atoms with van der Waals surface area (Å²) < 4.78 is 15.2. The van der Waals surface area contributed by atoms with E-state index in [2.05, 4.69) is 25.4 Å². The van der Waals surface area contributed by atoms with Crippen LogP contribution in [0.25, 0.3) is 0 Å². The molecule has 0 fully saturated rings. The third kappa shape index (κ3) is 4.91. The molecule has 160 valence electrons. The molecule has 0 aliphatic carbocycles. The van der Waals surface area contributed by atoms with Crippen LogP contribution >= 0.6 is 11.6 Å². The van der Waals surface area contributed by atoms with Crippen LogP contribution in [-0.4, -0.2) is 26.6 Å². The smallest absolute Gasteiger partial charge is 0.255 e. The highest BCUT2D eigenvalue weighted by molar-refractivity contribution is 6.31. The topological polar surface area (TPSA) is 88.9 Å². The van der Waals surface area contributed by atoms with E-state index in [0.717, 1.165) is 38.1 Å². The Morgan fingerprint density at radius 1 is 1.03 bits per heavy atom. The number of aryl methyl sites for hydroxylation is 1. The summed E-state index contributed by atoms with van der Waals surface area (Å²) in [6.07, 6.45) is 4.18. The van der Waals surface area contributed by atoms with Crippen molar-refractivity contribution < 1.29 is 14.0 Å². The molecule has 0 unspecified atom stereocenters. The van der Waals surface area contributed by atoms with E-state index < -0.39 is 11.7 Å².